The van der Waals surface area contributed by atoms with Crippen LogP contribution in [0.4, 0.5) is 0 Å². The lowest BCUT2D eigenvalue weighted by molar-refractivity contribution is -0.343. The van der Waals surface area contributed by atoms with Crippen LogP contribution < -0.4 is 0 Å². The molecule has 0 unspecified atom stereocenters. The number of aliphatic hydroxyl groups is 7. The molecule has 2 fully saturated rings. The van der Waals surface area contributed by atoms with Crippen molar-refractivity contribution in [3.05, 3.63) is 0 Å². The zero-order valence-electron chi connectivity index (χ0n) is 14.1. The molecule has 148 valence electrons. The van der Waals surface area contributed by atoms with Crippen LogP contribution in [0.3, 0.4) is 0 Å². The van der Waals surface area contributed by atoms with Crippen LogP contribution in [0.1, 0.15) is 13.8 Å². The highest BCUT2D eigenvalue weighted by Crippen LogP contribution is 2.31. The van der Waals surface area contributed by atoms with Gasteiger partial charge < -0.3 is 50.0 Å². The van der Waals surface area contributed by atoms with Gasteiger partial charge in [-0.25, -0.2) is 0 Å². The van der Waals surface area contributed by atoms with E-state index in [1.54, 1.807) is 13.8 Å². The van der Waals surface area contributed by atoms with Gasteiger partial charge in [-0.3, -0.25) is 0 Å². The van der Waals surface area contributed by atoms with Gasteiger partial charge in [-0.05, 0) is 5.92 Å². The van der Waals surface area contributed by atoms with Crippen LogP contribution >= 0.6 is 0 Å². The zero-order chi connectivity index (χ0) is 18.9. The normalized spacial score (nSPS) is 48.7. The van der Waals surface area contributed by atoms with Crippen molar-refractivity contribution in [2.75, 3.05) is 13.2 Å². The highest BCUT2D eigenvalue weighted by atomic mass is 16.7. The molecule has 0 radical (unpaired) electrons. The first-order valence-electron chi connectivity index (χ1n) is 8.31. The van der Waals surface area contributed by atoms with E-state index >= 15 is 0 Å². The molecule has 0 aromatic heterocycles. The van der Waals surface area contributed by atoms with E-state index in [1.165, 1.54) is 0 Å². The topological polar surface area (TPSA) is 169 Å². The number of aliphatic hydroxyl groups excluding tert-OH is 7. The molecule has 2 aliphatic rings. The SMILES string of the molecule is CC(C)[C@@H]1O[C@H](CO)[C@@H](O[C@@H]2O[C@H](CO)[C@H](O)[C@H](O)[C@H]2O)[C@H](O)[C@H]1O. The Balaban J connectivity index is 2.14. The fraction of sp³-hybridized carbons (Fsp3) is 1.00. The minimum atomic E-state index is -1.66. The van der Waals surface area contributed by atoms with Crippen LogP contribution in [0, 0.1) is 5.92 Å². The largest absolute Gasteiger partial charge is 0.394 e. The molecule has 2 heterocycles. The second-order valence-corrected chi connectivity index (χ2v) is 6.84. The first-order valence-corrected chi connectivity index (χ1v) is 8.31. The molecule has 0 bridgehead atoms. The average molecular weight is 368 g/mol. The maximum absolute atomic E-state index is 10.4. The summed E-state index contributed by atoms with van der Waals surface area (Å²) < 4.78 is 16.3. The summed E-state index contributed by atoms with van der Waals surface area (Å²) in [5.74, 6) is -0.132. The summed E-state index contributed by atoms with van der Waals surface area (Å²) in [4.78, 5) is 0. The Kier molecular flexibility index (Phi) is 7.13. The highest BCUT2D eigenvalue weighted by Gasteiger charge is 2.50. The molecule has 0 aromatic rings. The number of rotatable bonds is 5. The van der Waals surface area contributed by atoms with E-state index in [0.717, 1.165) is 0 Å². The van der Waals surface area contributed by atoms with Gasteiger partial charge in [0.05, 0.1) is 19.3 Å². The Hall–Kier alpha value is -0.400. The smallest absolute Gasteiger partial charge is 0.187 e. The average Bonchev–Trinajstić information content (AvgIpc) is 2.58. The summed E-state index contributed by atoms with van der Waals surface area (Å²) in [6.07, 6.45) is -13.2. The van der Waals surface area contributed by atoms with Crippen LogP contribution in [0.15, 0.2) is 0 Å². The lowest BCUT2D eigenvalue weighted by atomic mass is 9.89. The van der Waals surface area contributed by atoms with Crippen molar-refractivity contribution in [2.45, 2.75) is 75.1 Å². The molecule has 10 nitrogen and oxygen atoms in total. The van der Waals surface area contributed by atoms with Gasteiger partial charge in [0, 0.05) is 0 Å². The fourth-order valence-electron chi connectivity index (χ4n) is 3.17. The first-order chi connectivity index (χ1) is 11.7. The predicted molar refractivity (Wildman–Crippen MR) is 81.2 cm³/mol. The number of ether oxygens (including phenoxy) is 3. The van der Waals surface area contributed by atoms with Gasteiger partial charge in [0.15, 0.2) is 6.29 Å². The Morgan fingerprint density at radius 2 is 1.36 bits per heavy atom. The van der Waals surface area contributed by atoms with Crippen LogP contribution in [0.2, 0.25) is 0 Å². The summed E-state index contributed by atoms with van der Waals surface area (Å²) in [7, 11) is 0. The van der Waals surface area contributed by atoms with E-state index in [9.17, 15) is 35.7 Å². The van der Waals surface area contributed by atoms with Gasteiger partial charge in [-0.2, -0.15) is 0 Å². The highest BCUT2D eigenvalue weighted by molar-refractivity contribution is 4.96. The molecule has 0 saturated carbocycles. The lowest BCUT2D eigenvalue weighted by Crippen LogP contribution is -2.65. The molecule has 2 rings (SSSR count). The lowest BCUT2D eigenvalue weighted by Gasteiger charge is -2.47. The Labute approximate surface area is 145 Å². The van der Waals surface area contributed by atoms with Gasteiger partial charge in [0.25, 0.3) is 0 Å². The van der Waals surface area contributed by atoms with E-state index in [1.807, 2.05) is 0 Å². The van der Waals surface area contributed by atoms with Crippen molar-refractivity contribution >= 4 is 0 Å². The van der Waals surface area contributed by atoms with Crippen LogP contribution in [-0.4, -0.2) is 110 Å². The van der Waals surface area contributed by atoms with E-state index < -0.39 is 74.4 Å². The maximum Gasteiger partial charge on any atom is 0.187 e. The monoisotopic (exact) mass is 368 g/mol. The third kappa shape index (κ3) is 4.14. The Morgan fingerprint density at radius 3 is 1.88 bits per heavy atom. The molecule has 10 heteroatoms. The summed E-state index contributed by atoms with van der Waals surface area (Å²) in [5.41, 5.74) is 0. The molecular formula is C15H28O10. The van der Waals surface area contributed by atoms with Gasteiger partial charge in [-0.15, -0.1) is 0 Å². The van der Waals surface area contributed by atoms with Gasteiger partial charge in [0.1, 0.15) is 48.8 Å². The van der Waals surface area contributed by atoms with Crippen molar-refractivity contribution in [3.63, 3.8) is 0 Å². The third-order valence-corrected chi connectivity index (χ3v) is 4.70. The molecule has 0 spiro atoms. The van der Waals surface area contributed by atoms with Gasteiger partial charge >= 0.3 is 0 Å². The van der Waals surface area contributed by atoms with Gasteiger partial charge in [0.2, 0.25) is 0 Å². The number of hydrogen-bond donors (Lipinski definition) is 7. The third-order valence-electron chi connectivity index (χ3n) is 4.70. The molecule has 0 amide bonds. The van der Waals surface area contributed by atoms with E-state index in [0.29, 0.717) is 0 Å². The van der Waals surface area contributed by atoms with Crippen molar-refractivity contribution in [1.82, 2.24) is 0 Å². The minimum Gasteiger partial charge on any atom is -0.394 e. The Bertz CT molecular complexity index is 417. The Morgan fingerprint density at radius 1 is 0.760 bits per heavy atom. The first kappa shape index (κ1) is 20.9. The second kappa shape index (κ2) is 8.53. The molecule has 7 N–H and O–H groups in total. The van der Waals surface area contributed by atoms with Gasteiger partial charge in [-0.1, -0.05) is 13.8 Å². The van der Waals surface area contributed by atoms with Crippen molar-refractivity contribution < 1.29 is 50.0 Å². The summed E-state index contributed by atoms with van der Waals surface area (Å²) in [6.45, 7) is 2.42. The number of hydrogen-bond acceptors (Lipinski definition) is 10. The summed E-state index contributed by atoms with van der Waals surface area (Å²) >= 11 is 0. The standard InChI is InChI=1S/C15H28O10/c1-5(2)13-10(20)11(21)14(7(4-17)23-13)25-15-12(22)9(19)8(18)6(3-16)24-15/h5-22H,3-4H2,1-2H3/t6-,7-,8+,9+,10-,11-,12-,13+,14-,15+/m1/s1. The second-order valence-electron chi connectivity index (χ2n) is 6.84. The minimum absolute atomic E-state index is 0.132. The van der Waals surface area contributed by atoms with Crippen LogP contribution in [-0.2, 0) is 14.2 Å². The van der Waals surface area contributed by atoms with Crippen LogP contribution in [0.5, 0.6) is 0 Å². The van der Waals surface area contributed by atoms with Crippen molar-refractivity contribution in [2.24, 2.45) is 5.92 Å². The van der Waals surface area contributed by atoms with E-state index in [4.69, 9.17) is 14.2 Å². The molecule has 2 aliphatic heterocycles. The van der Waals surface area contributed by atoms with E-state index in [-0.39, 0.29) is 5.92 Å². The maximum atomic E-state index is 10.4. The molecule has 2 saturated heterocycles. The quantitative estimate of drug-likeness (QED) is 0.256. The zero-order valence-corrected chi connectivity index (χ0v) is 14.1. The summed E-state index contributed by atoms with van der Waals surface area (Å²) in [6, 6.07) is 0. The fourth-order valence-corrected chi connectivity index (χ4v) is 3.17. The molecule has 0 aromatic carbocycles. The summed E-state index contributed by atoms with van der Waals surface area (Å²) in [5, 5.41) is 68.8. The van der Waals surface area contributed by atoms with Crippen molar-refractivity contribution in [1.29, 1.82) is 0 Å². The van der Waals surface area contributed by atoms with E-state index in [2.05, 4.69) is 0 Å². The molecule has 0 aliphatic carbocycles. The molecular weight excluding hydrogens is 340 g/mol. The van der Waals surface area contributed by atoms with Crippen LogP contribution in [0.25, 0.3) is 0 Å². The molecule has 10 atom stereocenters. The van der Waals surface area contributed by atoms with Crippen molar-refractivity contribution in [3.8, 4) is 0 Å². The molecule has 25 heavy (non-hydrogen) atoms. The predicted octanol–water partition coefficient (Wildman–Crippen LogP) is -3.69.